The number of furan rings is 1. The van der Waals surface area contributed by atoms with E-state index in [2.05, 4.69) is 26.4 Å². The van der Waals surface area contributed by atoms with Crippen LogP contribution in [-0.4, -0.2) is 32.0 Å². The van der Waals surface area contributed by atoms with Crippen molar-refractivity contribution in [2.45, 2.75) is 6.54 Å². The number of hydrazine groups is 1. The number of aromatic nitrogens is 4. The first-order valence-electron chi connectivity index (χ1n) is 4.59. The van der Waals surface area contributed by atoms with E-state index in [1.165, 1.54) is 23.3 Å². The minimum Gasteiger partial charge on any atom is -0.459 e. The van der Waals surface area contributed by atoms with Crippen molar-refractivity contribution >= 4 is 11.8 Å². The van der Waals surface area contributed by atoms with Gasteiger partial charge < -0.3 is 4.42 Å². The summed E-state index contributed by atoms with van der Waals surface area (Å²) in [5.74, 6) is -0.898. The molecule has 0 radical (unpaired) electrons. The molecule has 0 saturated heterocycles. The highest BCUT2D eigenvalue weighted by atomic mass is 16.3. The minimum atomic E-state index is -0.542. The van der Waals surface area contributed by atoms with Crippen molar-refractivity contribution in [2.75, 3.05) is 0 Å². The van der Waals surface area contributed by atoms with Gasteiger partial charge in [-0.25, -0.2) is 4.68 Å². The Morgan fingerprint density at radius 1 is 1.41 bits per heavy atom. The average Bonchev–Trinajstić information content (AvgIpc) is 2.97. The molecule has 0 aliphatic rings. The van der Waals surface area contributed by atoms with Crippen LogP contribution in [0.4, 0.5) is 0 Å². The Morgan fingerprint density at radius 2 is 2.29 bits per heavy atom. The molecule has 0 saturated carbocycles. The Labute approximate surface area is 94.8 Å². The lowest BCUT2D eigenvalue weighted by Crippen LogP contribution is -2.43. The summed E-state index contributed by atoms with van der Waals surface area (Å²) in [5.41, 5.74) is 4.38. The molecule has 88 valence electrons. The summed E-state index contributed by atoms with van der Waals surface area (Å²) < 4.78 is 6.05. The minimum absolute atomic E-state index is 0.0918. The molecular formula is C8H8N6O3. The SMILES string of the molecule is O=C(Cn1cnnn1)NNC(=O)c1ccco1. The average molecular weight is 236 g/mol. The Balaban J connectivity index is 1.79. The van der Waals surface area contributed by atoms with E-state index >= 15 is 0 Å². The van der Waals surface area contributed by atoms with E-state index in [4.69, 9.17) is 4.42 Å². The molecule has 2 heterocycles. The molecule has 9 nitrogen and oxygen atoms in total. The van der Waals surface area contributed by atoms with Gasteiger partial charge >= 0.3 is 5.91 Å². The number of tetrazole rings is 1. The van der Waals surface area contributed by atoms with E-state index < -0.39 is 11.8 Å². The Morgan fingerprint density at radius 3 is 2.94 bits per heavy atom. The zero-order valence-corrected chi connectivity index (χ0v) is 8.53. The van der Waals surface area contributed by atoms with Crippen molar-refractivity contribution in [2.24, 2.45) is 0 Å². The van der Waals surface area contributed by atoms with Crippen LogP contribution in [0.25, 0.3) is 0 Å². The van der Waals surface area contributed by atoms with Gasteiger partial charge in [0.05, 0.1) is 6.26 Å². The molecule has 0 aliphatic carbocycles. The van der Waals surface area contributed by atoms with Crippen molar-refractivity contribution in [3.63, 3.8) is 0 Å². The molecule has 0 atom stereocenters. The first kappa shape index (κ1) is 10.8. The number of carbonyl (C=O) groups is 2. The van der Waals surface area contributed by atoms with Gasteiger partial charge in [-0.05, 0) is 22.6 Å². The van der Waals surface area contributed by atoms with Crippen molar-refractivity contribution in [3.05, 3.63) is 30.5 Å². The van der Waals surface area contributed by atoms with E-state index in [0.29, 0.717) is 0 Å². The maximum atomic E-state index is 11.3. The second kappa shape index (κ2) is 4.88. The molecule has 2 aromatic heterocycles. The first-order chi connectivity index (χ1) is 8.25. The van der Waals surface area contributed by atoms with E-state index in [1.807, 2.05) is 0 Å². The van der Waals surface area contributed by atoms with Gasteiger partial charge in [0, 0.05) is 0 Å². The lowest BCUT2D eigenvalue weighted by Gasteiger charge is -2.04. The van der Waals surface area contributed by atoms with Crippen molar-refractivity contribution in [1.29, 1.82) is 0 Å². The van der Waals surface area contributed by atoms with Crippen LogP contribution in [0.2, 0.25) is 0 Å². The van der Waals surface area contributed by atoms with Crippen LogP contribution in [-0.2, 0) is 11.3 Å². The van der Waals surface area contributed by atoms with Crippen LogP contribution in [0.15, 0.2) is 29.1 Å². The fourth-order valence-electron chi connectivity index (χ4n) is 1.04. The lowest BCUT2D eigenvalue weighted by molar-refractivity contribution is -0.122. The zero-order valence-electron chi connectivity index (χ0n) is 8.53. The molecule has 2 amide bonds. The third kappa shape index (κ3) is 2.87. The fourth-order valence-corrected chi connectivity index (χ4v) is 1.04. The molecule has 9 heteroatoms. The summed E-state index contributed by atoms with van der Waals surface area (Å²) in [7, 11) is 0. The second-order valence-electron chi connectivity index (χ2n) is 2.99. The van der Waals surface area contributed by atoms with Crippen molar-refractivity contribution in [3.8, 4) is 0 Å². The topological polar surface area (TPSA) is 115 Å². The normalized spacial score (nSPS) is 9.88. The van der Waals surface area contributed by atoms with Gasteiger partial charge in [0.2, 0.25) is 0 Å². The molecule has 2 rings (SSSR count). The molecule has 0 spiro atoms. The summed E-state index contributed by atoms with van der Waals surface area (Å²) in [4.78, 5) is 22.7. The van der Waals surface area contributed by atoms with Gasteiger partial charge in [0.15, 0.2) is 5.76 Å². The number of carbonyl (C=O) groups excluding carboxylic acids is 2. The fraction of sp³-hybridized carbons (Fsp3) is 0.125. The zero-order chi connectivity index (χ0) is 12.1. The molecule has 0 aromatic carbocycles. The van der Waals surface area contributed by atoms with Crippen molar-refractivity contribution in [1.82, 2.24) is 31.1 Å². The number of rotatable bonds is 3. The third-order valence-corrected chi connectivity index (χ3v) is 1.76. The molecule has 0 fully saturated rings. The van der Waals surface area contributed by atoms with Gasteiger partial charge in [0.1, 0.15) is 12.9 Å². The van der Waals surface area contributed by atoms with Gasteiger partial charge in [-0.2, -0.15) is 0 Å². The van der Waals surface area contributed by atoms with Gasteiger partial charge in [-0.3, -0.25) is 20.4 Å². The lowest BCUT2D eigenvalue weighted by atomic mass is 10.4. The van der Waals surface area contributed by atoms with Crippen molar-refractivity contribution < 1.29 is 14.0 Å². The van der Waals surface area contributed by atoms with Crippen LogP contribution in [0.1, 0.15) is 10.6 Å². The van der Waals surface area contributed by atoms with Gasteiger partial charge in [0.25, 0.3) is 5.91 Å². The van der Waals surface area contributed by atoms with Crippen LogP contribution in [0.3, 0.4) is 0 Å². The quantitative estimate of drug-likeness (QED) is 0.642. The third-order valence-electron chi connectivity index (χ3n) is 1.76. The van der Waals surface area contributed by atoms with Gasteiger partial charge in [-0.15, -0.1) is 5.10 Å². The molecule has 0 aliphatic heterocycles. The van der Waals surface area contributed by atoms with E-state index in [-0.39, 0.29) is 12.3 Å². The summed E-state index contributed by atoms with van der Waals surface area (Å²) in [6.07, 6.45) is 2.64. The largest absolute Gasteiger partial charge is 0.459 e. The molecule has 17 heavy (non-hydrogen) atoms. The Kier molecular flexibility index (Phi) is 3.10. The summed E-state index contributed by atoms with van der Waals surface area (Å²) >= 11 is 0. The number of hydrogen-bond donors (Lipinski definition) is 2. The second-order valence-corrected chi connectivity index (χ2v) is 2.99. The standard InChI is InChI=1S/C8H8N6O3/c15-7(4-14-5-9-12-13-14)10-11-8(16)6-2-1-3-17-6/h1-3,5H,4H2,(H,10,15)(H,11,16). The summed E-state index contributed by atoms with van der Waals surface area (Å²) in [6, 6.07) is 3.04. The van der Waals surface area contributed by atoms with Crippen LogP contribution < -0.4 is 10.9 Å². The van der Waals surface area contributed by atoms with E-state index in [9.17, 15) is 9.59 Å². The maximum Gasteiger partial charge on any atom is 0.305 e. The van der Waals surface area contributed by atoms with E-state index in [0.717, 1.165) is 0 Å². The highest BCUT2D eigenvalue weighted by Gasteiger charge is 2.09. The van der Waals surface area contributed by atoms with Gasteiger partial charge in [-0.1, -0.05) is 0 Å². The first-order valence-corrected chi connectivity index (χ1v) is 4.59. The number of nitrogens with zero attached hydrogens (tertiary/aromatic N) is 4. The predicted molar refractivity (Wildman–Crippen MR) is 52.1 cm³/mol. The van der Waals surface area contributed by atoms with E-state index in [1.54, 1.807) is 6.07 Å². The molecule has 2 N–H and O–H groups in total. The predicted octanol–water partition coefficient (Wildman–Crippen LogP) is -1.27. The monoisotopic (exact) mass is 236 g/mol. The van der Waals surface area contributed by atoms with Crippen LogP contribution in [0.5, 0.6) is 0 Å². The molecule has 0 bridgehead atoms. The van der Waals surface area contributed by atoms with Crippen LogP contribution >= 0.6 is 0 Å². The smallest absolute Gasteiger partial charge is 0.305 e. The summed E-state index contributed by atoms with van der Waals surface area (Å²) in [5, 5.41) is 10.2. The molecule has 0 unspecified atom stereocenters. The number of amides is 2. The maximum absolute atomic E-state index is 11.3. The highest BCUT2D eigenvalue weighted by molar-refractivity contribution is 5.92. The molecule has 2 aromatic rings. The van der Waals surface area contributed by atoms with Crippen LogP contribution in [0, 0.1) is 0 Å². The Hall–Kier alpha value is -2.71. The highest BCUT2D eigenvalue weighted by Crippen LogP contribution is 1.97. The summed E-state index contributed by atoms with van der Waals surface area (Å²) in [6.45, 7) is -0.0918. The number of nitrogens with one attached hydrogen (secondary N) is 2. The molecular weight excluding hydrogens is 228 g/mol. The number of hydrogen-bond acceptors (Lipinski definition) is 6. The Bertz CT molecular complexity index is 491.